The lowest BCUT2D eigenvalue weighted by atomic mass is 10.2. The first-order chi connectivity index (χ1) is 11.8. The smallest absolute Gasteiger partial charge is 0.163 e. The highest BCUT2D eigenvalue weighted by atomic mass is 35.5. The first-order valence-electron chi connectivity index (χ1n) is 8.14. The number of nitrogens with one attached hydrogen (secondary N) is 1. The summed E-state index contributed by atoms with van der Waals surface area (Å²) in [4.78, 5) is 0. The Balaban J connectivity index is 1.73. The van der Waals surface area contributed by atoms with Gasteiger partial charge >= 0.3 is 0 Å². The van der Waals surface area contributed by atoms with Gasteiger partial charge in [0.15, 0.2) is 11.5 Å². The minimum atomic E-state index is 0.259. The summed E-state index contributed by atoms with van der Waals surface area (Å²) in [6.45, 7) is 0. The van der Waals surface area contributed by atoms with Crippen molar-refractivity contribution in [3.63, 3.8) is 0 Å². The van der Waals surface area contributed by atoms with Gasteiger partial charge in [-0.2, -0.15) is 5.10 Å². The number of nitrogens with zero attached hydrogens (tertiary/aromatic N) is 1. The van der Waals surface area contributed by atoms with Crippen molar-refractivity contribution in [3.8, 4) is 11.5 Å². The number of methoxy groups -OCH3 is 1. The van der Waals surface area contributed by atoms with E-state index in [0.29, 0.717) is 16.5 Å². The van der Waals surface area contributed by atoms with Crippen molar-refractivity contribution in [2.75, 3.05) is 12.5 Å². The fraction of sp³-hybridized carbons (Fsp3) is 0.316. The maximum atomic E-state index is 6.37. The monoisotopic (exact) mass is 344 g/mol. The van der Waals surface area contributed by atoms with Gasteiger partial charge in [0.05, 0.1) is 30.1 Å². The van der Waals surface area contributed by atoms with Crippen LogP contribution < -0.4 is 14.9 Å². The maximum absolute atomic E-state index is 6.37. The summed E-state index contributed by atoms with van der Waals surface area (Å²) in [5.41, 5.74) is 4.66. The highest BCUT2D eigenvalue weighted by Gasteiger charge is 2.19. The predicted molar refractivity (Wildman–Crippen MR) is 98.5 cm³/mol. The van der Waals surface area contributed by atoms with E-state index in [0.717, 1.165) is 24.1 Å². The first-order valence-corrected chi connectivity index (χ1v) is 8.52. The summed E-state index contributed by atoms with van der Waals surface area (Å²) in [7, 11) is 1.63. The lowest BCUT2D eigenvalue weighted by Gasteiger charge is -2.16. The first kappa shape index (κ1) is 16.7. The molecule has 1 N–H and O–H groups in total. The molecule has 1 fully saturated rings. The van der Waals surface area contributed by atoms with Crippen LogP contribution in [0.2, 0.25) is 5.02 Å². The second kappa shape index (κ2) is 8.06. The van der Waals surface area contributed by atoms with Gasteiger partial charge in [0.1, 0.15) is 0 Å². The largest absolute Gasteiger partial charge is 0.493 e. The lowest BCUT2D eigenvalue weighted by Crippen LogP contribution is -2.11. The zero-order chi connectivity index (χ0) is 16.8. The number of hydrazone groups is 1. The Labute approximate surface area is 147 Å². The number of hydrogen-bond donors (Lipinski definition) is 1. The van der Waals surface area contributed by atoms with Crippen LogP contribution >= 0.6 is 11.6 Å². The molecule has 0 radical (unpaired) electrons. The second-order valence-electron chi connectivity index (χ2n) is 5.78. The third-order valence-corrected chi connectivity index (χ3v) is 4.38. The van der Waals surface area contributed by atoms with E-state index in [-0.39, 0.29) is 6.10 Å². The molecule has 1 aliphatic carbocycles. The molecule has 0 heterocycles. The van der Waals surface area contributed by atoms with Crippen molar-refractivity contribution < 1.29 is 9.47 Å². The molecule has 0 bridgehead atoms. The number of hydrogen-bond acceptors (Lipinski definition) is 4. The molecule has 0 saturated heterocycles. The Kier molecular flexibility index (Phi) is 5.59. The van der Waals surface area contributed by atoms with Gasteiger partial charge in [0, 0.05) is 11.6 Å². The molecule has 2 aromatic carbocycles. The van der Waals surface area contributed by atoms with Crippen LogP contribution in [0, 0.1) is 0 Å². The molecule has 5 heteroatoms. The molecule has 126 valence electrons. The van der Waals surface area contributed by atoms with Gasteiger partial charge in [0.25, 0.3) is 0 Å². The van der Waals surface area contributed by atoms with Gasteiger partial charge in [-0.25, -0.2) is 0 Å². The number of ether oxygens (including phenoxy) is 2. The number of halogens is 1. The third kappa shape index (κ3) is 4.20. The van der Waals surface area contributed by atoms with Gasteiger partial charge in [-0.1, -0.05) is 29.8 Å². The number of benzene rings is 2. The third-order valence-electron chi connectivity index (χ3n) is 4.05. The molecule has 0 aliphatic heterocycles. The fourth-order valence-corrected chi connectivity index (χ4v) is 2.98. The quantitative estimate of drug-likeness (QED) is 0.584. The Bertz CT molecular complexity index is 698. The Hall–Kier alpha value is -2.20. The van der Waals surface area contributed by atoms with Gasteiger partial charge < -0.3 is 9.47 Å². The van der Waals surface area contributed by atoms with E-state index in [4.69, 9.17) is 21.1 Å². The van der Waals surface area contributed by atoms with Crippen LogP contribution in [0.3, 0.4) is 0 Å². The van der Waals surface area contributed by atoms with E-state index in [1.807, 2.05) is 42.5 Å². The van der Waals surface area contributed by atoms with E-state index in [9.17, 15) is 0 Å². The number of para-hydroxylation sites is 1. The number of anilines is 1. The van der Waals surface area contributed by atoms with E-state index in [1.165, 1.54) is 12.8 Å². The van der Waals surface area contributed by atoms with E-state index >= 15 is 0 Å². The van der Waals surface area contributed by atoms with Crippen molar-refractivity contribution in [3.05, 3.63) is 53.1 Å². The summed E-state index contributed by atoms with van der Waals surface area (Å²) in [5.74, 6) is 1.37. The molecule has 0 atom stereocenters. The normalized spacial score (nSPS) is 14.9. The number of rotatable bonds is 6. The fourth-order valence-electron chi connectivity index (χ4n) is 2.78. The lowest BCUT2D eigenvalue weighted by molar-refractivity contribution is 0.201. The molecule has 1 aliphatic rings. The minimum absolute atomic E-state index is 0.259. The van der Waals surface area contributed by atoms with Gasteiger partial charge in [0.2, 0.25) is 0 Å². The average molecular weight is 345 g/mol. The van der Waals surface area contributed by atoms with Crippen LogP contribution in [0.25, 0.3) is 0 Å². The minimum Gasteiger partial charge on any atom is -0.493 e. The van der Waals surface area contributed by atoms with Crippen molar-refractivity contribution >= 4 is 23.5 Å². The Morgan fingerprint density at radius 3 is 2.58 bits per heavy atom. The Morgan fingerprint density at radius 2 is 1.88 bits per heavy atom. The SMILES string of the molecule is COc1cc(C=NNc2ccccc2)c(Cl)cc1OC1CCCC1. The standard InChI is InChI=1S/C19H21ClN2O2/c1-23-18-11-14(13-21-22-15-7-3-2-4-8-15)17(20)12-19(18)24-16-9-5-6-10-16/h2-4,7-8,11-13,16,22H,5-6,9-10H2,1H3. The van der Waals surface area contributed by atoms with E-state index < -0.39 is 0 Å². The molecular formula is C19H21ClN2O2. The highest BCUT2D eigenvalue weighted by Crippen LogP contribution is 2.35. The second-order valence-corrected chi connectivity index (χ2v) is 6.19. The maximum Gasteiger partial charge on any atom is 0.163 e. The summed E-state index contributed by atoms with van der Waals surface area (Å²) in [6.07, 6.45) is 6.55. The zero-order valence-corrected chi connectivity index (χ0v) is 14.4. The molecule has 4 nitrogen and oxygen atoms in total. The van der Waals surface area contributed by atoms with Gasteiger partial charge in [-0.3, -0.25) is 5.43 Å². The van der Waals surface area contributed by atoms with Crippen LogP contribution in [-0.4, -0.2) is 19.4 Å². The van der Waals surface area contributed by atoms with Crippen LogP contribution in [0.5, 0.6) is 11.5 Å². The van der Waals surface area contributed by atoms with Crippen LogP contribution in [-0.2, 0) is 0 Å². The molecular weight excluding hydrogens is 324 g/mol. The molecule has 24 heavy (non-hydrogen) atoms. The topological polar surface area (TPSA) is 42.8 Å². The molecule has 0 aromatic heterocycles. The Morgan fingerprint density at radius 1 is 1.12 bits per heavy atom. The van der Waals surface area contributed by atoms with Crippen molar-refractivity contribution in [1.29, 1.82) is 0 Å². The molecule has 2 aromatic rings. The van der Waals surface area contributed by atoms with E-state index in [1.54, 1.807) is 13.3 Å². The predicted octanol–water partition coefficient (Wildman–Crippen LogP) is 5.12. The van der Waals surface area contributed by atoms with Gasteiger partial charge in [-0.05, 0) is 43.9 Å². The average Bonchev–Trinajstić information content (AvgIpc) is 3.11. The molecule has 0 spiro atoms. The summed E-state index contributed by atoms with van der Waals surface area (Å²) >= 11 is 6.37. The van der Waals surface area contributed by atoms with E-state index in [2.05, 4.69) is 10.5 Å². The van der Waals surface area contributed by atoms with Crippen molar-refractivity contribution in [1.82, 2.24) is 0 Å². The van der Waals surface area contributed by atoms with Gasteiger partial charge in [-0.15, -0.1) is 0 Å². The summed E-state index contributed by atoms with van der Waals surface area (Å²) < 4.78 is 11.5. The zero-order valence-electron chi connectivity index (χ0n) is 13.7. The molecule has 3 rings (SSSR count). The van der Waals surface area contributed by atoms with Crippen molar-refractivity contribution in [2.24, 2.45) is 5.10 Å². The molecule has 0 unspecified atom stereocenters. The summed E-state index contributed by atoms with van der Waals surface area (Å²) in [6, 6.07) is 13.4. The van der Waals surface area contributed by atoms with Crippen molar-refractivity contribution in [2.45, 2.75) is 31.8 Å². The molecule has 1 saturated carbocycles. The molecule has 0 amide bonds. The summed E-state index contributed by atoms with van der Waals surface area (Å²) in [5, 5.41) is 4.81. The van der Waals surface area contributed by atoms with Crippen LogP contribution in [0.1, 0.15) is 31.2 Å². The highest BCUT2D eigenvalue weighted by molar-refractivity contribution is 6.33. The van der Waals surface area contributed by atoms with Crippen LogP contribution in [0.4, 0.5) is 5.69 Å². The van der Waals surface area contributed by atoms with Crippen LogP contribution in [0.15, 0.2) is 47.6 Å².